The topological polar surface area (TPSA) is 37.3 Å². The van der Waals surface area contributed by atoms with E-state index >= 15 is 0 Å². The fraction of sp³-hybridized carbons (Fsp3) is 0.615. The molecule has 88 valence electrons. The zero-order valence-electron chi connectivity index (χ0n) is 10.0. The van der Waals surface area contributed by atoms with Crippen molar-refractivity contribution in [2.24, 2.45) is 11.3 Å². The van der Waals surface area contributed by atoms with Crippen LogP contribution >= 0.6 is 11.3 Å². The first-order valence-corrected chi connectivity index (χ1v) is 6.54. The Labute approximate surface area is 100 Å². The molecule has 2 nitrogen and oxygen atoms in total. The summed E-state index contributed by atoms with van der Waals surface area (Å²) in [6.45, 7) is 6.81. The predicted molar refractivity (Wildman–Crippen MR) is 66.2 cm³/mol. The van der Waals surface area contributed by atoms with E-state index in [9.17, 15) is 4.79 Å². The summed E-state index contributed by atoms with van der Waals surface area (Å²) < 4.78 is 0. The maximum absolute atomic E-state index is 10.9. The van der Waals surface area contributed by atoms with Crippen LogP contribution in [0.4, 0.5) is 0 Å². The van der Waals surface area contributed by atoms with Gasteiger partial charge in [0.1, 0.15) is 4.88 Å². The Kier molecular flexibility index (Phi) is 2.82. The quantitative estimate of drug-likeness (QED) is 0.811. The van der Waals surface area contributed by atoms with Gasteiger partial charge in [-0.2, -0.15) is 0 Å². The number of aromatic carboxylic acids is 1. The van der Waals surface area contributed by atoms with Gasteiger partial charge in [-0.3, -0.25) is 0 Å². The second kappa shape index (κ2) is 3.88. The SMILES string of the molecule is CC(C)(C)[C@@H]1CCc2sc(C(=O)O)cc2C1. The summed E-state index contributed by atoms with van der Waals surface area (Å²) in [5, 5.41) is 8.97. The minimum atomic E-state index is -0.785. The molecule has 3 heteroatoms. The summed E-state index contributed by atoms with van der Waals surface area (Å²) in [6.07, 6.45) is 3.29. The molecule has 0 unspecified atom stereocenters. The molecule has 1 N–H and O–H groups in total. The van der Waals surface area contributed by atoms with Crippen LogP contribution in [0.3, 0.4) is 0 Å². The predicted octanol–water partition coefficient (Wildman–Crippen LogP) is 3.60. The van der Waals surface area contributed by atoms with E-state index in [1.54, 1.807) is 0 Å². The minimum Gasteiger partial charge on any atom is -0.477 e. The number of fused-ring (bicyclic) bond motifs is 1. The molecule has 0 fully saturated rings. The molecule has 0 aromatic carbocycles. The number of rotatable bonds is 1. The van der Waals surface area contributed by atoms with Crippen molar-refractivity contribution in [1.29, 1.82) is 0 Å². The van der Waals surface area contributed by atoms with E-state index in [2.05, 4.69) is 20.8 Å². The lowest BCUT2D eigenvalue weighted by Crippen LogP contribution is -2.26. The number of hydrogen-bond donors (Lipinski definition) is 1. The third kappa shape index (κ3) is 2.14. The van der Waals surface area contributed by atoms with Gasteiger partial charge >= 0.3 is 5.97 Å². The van der Waals surface area contributed by atoms with Crippen molar-refractivity contribution < 1.29 is 9.90 Å². The Hall–Kier alpha value is -0.830. The molecule has 0 saturated heterocycles. The van der Waals surface area contributed by atoms with Crippen LogP contribution in [0.25, 0.3) is 0 Å². The molecule has 0 spiro atoms. The van der Waals surface area contributed by atoms with Crippen LogP contribution in [0.5, 0.6) is 0 Å². The van der Waals surface area contributed by atoms with Crippen LogP contribution < -0.4 is 0 Å². The van der Waals surface area contributed by atoms with Crippen LogP contribution in [-0.4, -0.2) is 11.1 Å². The summed E-state index contributed by atoms with van der Waals surface area (Å²) in [7, 11) is 0. The zero-order chi connectivity index (χ0) is 11.9. The average Bonchev–Trinajstić information content (AvgIpc) is 2.58. The van der Waals surface area contributed by atoms with Crippen LogP contribution in [-0.2, 0) is 12.8 Å². The monoisotopic (exact) mass is 238 g/mol. The summed E-state index contributed by atoms with van der Waals surface area (Å²) in [6, 6.07) is 1.88. The second-order valence-electron chi connectivity index (χ2n) is 5.67. The summed E-state index contributed by atoms with van der Waals surface area (Å²) in [5.74, 6) is -0.108. The molecule has 2 rings (SSSR count). The standard InChI is InChI=1S/C13H18O2S/c1-13(2,3)9-4-5-10-8(6-9)7-11(16-10)12(14)15/h7,9H,4-6H2,1-3H3,(H,14,15)/t9-/m1/s1. The smallest absolute Gasteiger partial charge is 0.345 e. The molecule has 1 aliphatic rings. The summed E-state index contributed by atoms with van der Waals surface area (Å²) in [4.78, 5) is 12.7. The molecule has 0 aliphatic heterocycles. The molecule has 0 radical (unpaired) electrons. The molecule has 1 heterocycles. The molecular formula is C13H18O2S. The Morgan fingerprint density at radius 3 is 2.75 bits per heavy atom. The summed E-state index contributed by atoms with van der Waals surface area (Å²) >= 11 is 1.46. The highest BCUT2D eigenvalue weighted by Gasteiger charge is 2.30. The molecule has 16 heavy (non-hydrogen) atoms. The maximum Gasteiger partial charge on any atom is 0.345 e. The van der Waals surface area contributed by atoms with Crippen molar-refractivity contribution in [3.05, 3.63) is 21.4 Å². The first-order chi connectivity index (χ1) is 7.38. The van der Waals surface area contributed by atoms with Gasteiger partial charge in [0.2, 0.25) is 0 Å². The molecule has 1 aromatic rings. The van der Waals surface area contributed by atoms with Gasteiger partial charge in [0.25, 0.3) is 0 Å². The number of aryl methyl sites for hydroxylation is 1. The molecule has 1 atom stereocenters. The van der Waals surface area contributed by atoms with Crippen molar-refractivity contribution in [1.82, 2.24) is 0 Å². The van der Waals surface area contributed by atoms with E-state index in [0.29, 0.717) is 16.2 Å². The highest BCUT2D eigenvalue weighted by atomic mass is 32.1. The van der Waals surface area contributed by atoms with E-state index in [4.69, 9.17) is 5.11 Å². The second-order valence-corrected chi connectivity index (χ2v) is 6.81. The van der Waals surface area contributed by atoms with E-state index in [1.165, 1.54) is 28.2 Å². The van der Waals surface area contributed by atoms with Crippen LogP contribution in [0.2, 0.25) is 0 Å². The van der Waals surface area contributed by atoms with E-state index in [0.717, 1.165) is 12.8 Å². The Morgan fingerprint density at radius 2 is 2.19 bits per heavy atom. The van der Waals surface area contributed by atoms with Crippen LogP contribution in [0.1, 0.15) is 47.3 Å². The van der Waals surface area contributed by atoms with E-state index < -0.39 is 5.97 Å². The lowest BCUT2D eigenvalue weighted by atomic mass is 9.72. The Balaban J connectivity index is 2.24. The van der Waals surface area contributed by atoms with Gasteiger partial charge in [-0.15, -0.1) is 11.3 Å². The third-order valence-electron chi connectivity index (χ3n) is 3.52. The van der Waals surface area contributed by atoms with E-state index in [1.807, 2.05) is 6.07 Å². The minimum absolute atomic E-state index is 0.322. The van der Waals surface area contributed by atoms with Crippen molar-refractivity contribution in [2.75, 3.05) is 0 Å². The van der Waals surface area contributed by atoms with Crippen molar-refractivity contribution in [3.8, 4) is 0 Å². The Morgan fingerprint density at radius 1 is 1.50 bits per heavy atom. The number of carboxylic acid groups (broad SMARTS) is 1. The first kappa shape index (κ1) is 11.6. The van der Waals surface area contributed by atoms with Gasteiger partial charge in [0.15, 0.2) is 0 Å². The van der Waals surface area contributed by atoms with Gasteiger partial charge < -0.3 is 5.11 Å². The van der Waals surface area contributed by atoms with Gasteiger partial charge in [-0.25, -0.2) is 4.79 Å². The fourth-order valence-corrected chi connectivity index (χ4v) is 3.42. The van der Waals surface area contributed by atoms with Gasteiger partial charge in [0.05, 0.1) is 0 Å². The normalized spacial score (nSPS) is 20.6. The average molecular weight is 238 g/mol. The number of hydrogen-bond acceptors (Lipinski definition) is 2. The lowest BCUT2D eigenvalue weighted by Gasteiger charge is -2.33. The molecule has 0 bridgehead atoms. The highest BCUT2D eigenvalue weighted by molar-refractivity contribution is 7.14. The molecule has 0 amide bonds. The Bertz CT molecular complexity index is 412. The molecule has 0 saturated carbocycles. The number of thiophene rings is 1. The zero-order valence-corrected chi connectivity index (χ0v) is 10.9. The largest absolute Gasteiger partial charge is 0.477 e. The molecular weight excluding hydrogens is 220 g/mol. The fourth-order valence-electron chi connectivity index (χ4n) is 2.37. The van der Waals surface area contributed by atoms with Crippen LogP contribution in [0.15, 0.2) is 6.07 Å². The van der Waals surface area contributed by atoms with Gasteiger partial charge in [0, 0.05) is 4.88 Å². The molecule has 1 aromatic heterocycles. The van der Waals surface area contributed by atoms with Crippen LogP contribution in [0, 0.1) is 11.3 Å². The lowest BCUT2D eigenvalue weighted by molar-refractivity contribution is 0.0702. The number of carbonyl (C=O) groups is 1. The summed E-state index contributed by atoms with van der Waals surface area (Å²) in [5.41, 5.74) is 1.59. The first-order valence-electron chi connectivity index (χ1n) is 5.73. The van der Waals surface area contributed by atoms with Crippen molar-refractivity contribution in [3.63, 3.8) is 0 Å². The maximum atomic E-state index is 10.9. The highest BCUT2D eigenvalue weighted by Crippen LogP contribution is 2.39. The van der Waals surface area contributed by atoms with E-state index in [-0.39, 0.29) is 0 Å². The van der Waals surface area contributed by atoms with Crippen molar-refractivity contribution >= 4 is 17.3 Å². The third-order valence-corrected chi connectivity index (χ3v) is 4.74. The van der Waals surface area contributed by atoms with Gasteiger partial charge in [-0.05, 0) is 42.2 Å². The van der Waals surface area contributed by atoms with Crippen molar-refractivity contribution in [2.45, 2.75) is 40.0 Å². The number of carboxylic acids is 1. The molecule has 1 aliphatic carbocycles. The van der Waals surface area contributed by atoms with Gasteiger partial charge in [-0.1, -0.05) is 20.8 Å².